The Morgan fingerprint density at radius 3 is 1.60 bits per heavy atom. The molecule has 4 nitrogen and oxygen atoms in total. The second-order valence-corrected chi connectivity index (χ2v) is 6.56. The van der Waals surface area contributed by atoms with Gasteiger partial charge in [0.05, 0.1) is 0 Å². The predicted octanol–water partition coefficient (Wildman–Crippen LogP) is 5.38. The van der Waals surface area contributed by atoms with Crippen LogP contribution in [0.3, 0.4) is 0 Å². The molecule has 2 aromatic rings. The number of carbonyl (C=O) groups is 2. The number of benzene rings is 2. The summed E-state index contributed by atoms with van der Waals surface area (Å²) in [4.78, 5) is 25.1. The lowest BCUT2D eigenvalue weighted by molar-refractivity contribution is -0.129. The summed E-state index contributed by atoms with van der Waals surface area (Å²) in [5, 5.41) is 6.72. The van der Waals surface area contributed by atoms with Crippen LogP contribution in [0.4, 0.5) is 11.4 Å². The Bertz CT molecular complexity index is 656. The maximum Gasteiger partial charge on any atom is 0.236 e. The van der Waals surface area contributed by atoms with Crippen LogP contribution >= 0.6 is 23.2 Å². The Labute approximate surface area is 157 Å². The van der Waals surface area contributed by atoms with Crippen molar-refractivity contribution in [3.8, 4) is 0 Å². The van der Waals surface area contributed by atoms with Gasteiger partial charge in [-0.25, -0.2) is 0 Å². The Morgan fingerprint density at radius 1 is 0.840 bits per heavy atom. The Balaban J connectivity index is 2.07. The molecule has 0 saturated heterocycles. The highest BCUT2D eigenvalue weighted by Crippen LogP contribution is 2.19. The molecule has 0 aromatic heterocycles. The van der Waals surface area contributed by atoms with Crippen molar-refractivity contribution in [1.82, 2.24) is 0 Å². The van der Waals surface area contributed by atoms with Crippen molar-refractivity contribution in [3.05, 3.63) is 58.6 Å². The summed E-state index contributed by atoms with van der Waals surface area (Å²) in [5.74, 6) is -1.43. The number of anilines is 2. The number of amides is 2. The lowest BCUT2D eigenvalue weighted by Gasteiger charge is -2.17. The van der Waals surface area contributed by atoms with E-state index in [9.17, 15) is 9.59 Å². The molecule has 2 amide bonds. The molecule has 6 heteroatoms. The van der Waals surface area contributed by atoms with Gasteiger partial charge in [-0.2, -0.15) is 0 Å². The molecule has 0 radical (unpaired) electrons. The number of hydrogen-bond acceptors (Lipinski definition) is 2. The number of halogens is 2. The zero-order chi connectivity index (χ0) is 18.2. The molecule has 0 atom stereocenters. The van der Waals surface area contributed by atoms with Gasteiger partial charge in [0.1, 0.15) is 5.92 Å². The lowest BCUT2D eigenvalue weighted by Crippen LogP contribution is -2.33. The molecule has 0 aliphatic heterocycles. The minimum Gasteiger partial charge on any atom is -0.325 e. The highest BCUT2D eigenvalue weighted by atomic mass is 35.5. The number of hydrogen-bond donors (Lipinski definition) is 2. The first kappa shape index (κ1) is 19.3. The smallest absolute Gasteiger partial charge is 0.236 e. The molecular weight excluding hydrogens is 359 g/mol. The van der Waals surface area contributed by atoms with Gasteiger partial charge in [0, 0.05) is 21.4 Å². The second-order valence-electron chi connectivity index (χ2n) is 5.69. The quantitative estimate of drug-likeness (QED) is 0.635. The third kappa shape index (κ3) is 6.07. The molecule has 0 heterocycles. The molecule has 0 unspecified atom stereocenters. The monoisotopic (exact) mass is 378 g/mol. The van der Waals surface area contributed by atoms with Crippen molar-refractivity contribution in [2.75, 3.05) is 10.6 Å². The summed E-state index contributed by atoms with van der Waals surface area (Å²) in [6.07, 6.45) is 2.17. The molecular formula is C19H20Cl2N2O2. The van der Waals surface area contributed by atoms with E-state index in [1.165, 1.54) is 0 Å². The van der Waals surface area contributed by atoms with Crippen LogP contribution in [0.25, 0.3) is 0 Å². The zero-order valence-corrected chi connectivity index (χ0v) is 15.4. The van der Waals surface area contributed by atoms with Crippen molar-refractivity contribution in [2.45, 2.75) is 26.2 Å². The van der Waals surface area contributed by atoms with Gasteiger partial charge in [0.2, 0.25) is 11.8 Å². The summed E-state index contributed by atoms with van der Waals surface area (Å²) in [6.45, 7) is 2.02. The average molecular weight is 379 g/mol. The average Bonchev–Trinajstić information content (AvgIpc) is 2.59. The van der Waals surface area contributed by atoms with Crippen LogP contribution in [0.5, 0.6) is 0 Å². The Kier molecular flexibility index (Phi) is 7.29. The van der Waals surface area contributed by atoms with Gasteiger partial charge < -0.3 is 10.6 Å². The molecule has 0 bridgehead atoms. The van der Waals surface area contributed by atoms with Crippen LogP contribution < -0.4 is 10.6 Å². The number of nitrogens with one attached hydrogen (secondary N) is 2. The standard InChI is InChI=1S/C19H20Cl2N2O2/c1-2-3-4-17(18(24)22-15-9-5-13(20)6-10-15)19(25)23-16-11-7-14(21)8-12-16/h5-12,17H,2-4H2,1H3,(H,22,24)(H,23,25). The first-order valence-corrected chi connectivity index (χ1v) is 8.88. The van der Waals surface area contributed by atoms with Crippen LogP contribution in [-0.2, 0) is 9.59 Å². The molecule has 2 rings (SSSR count). The second kappa shape index (κ2) is 9.44. The highest BCUT2D eigenvalue weighted by molar-refractivity contribution is 6.31. The van der Waals surface area contributed by atoms with Gasteiger partial charge >= 0.3 is 0 Å². The topological polar surface area (TPSA) is 58.2 Å². The minimum atomic E-state index is -0.772. The first-order chi connectivity index (χ1) is 12.0. The summed E-state index contributed by atoms with van der Waals surface area (Å²) in [5.41, 5.74) is 1.21. The molecule has 0 spiro atoms. The van der Waals surface area contributed by atoms with E-state index in [1.807, 2.05) is 6.92 Å². The van der Waals surface area contributed by atoms with Crippen molar-refractivity contribution < 1.29 is 9.59 Å². The summed E-state index contributed by atoms with van der Waals surface area (Å²) >= 11 is 11.7. The molecule has 0 aliphatic carbocycles. The maximum absolute atomic E-state index is 12.6. The van der Waals surface area contributed by atoms with Gasteiger partial charge in [0.15, 0.2) is 0 Å². The van der Waals surface area contributed by atoms with Crippen LogP contribution in [0.2, 0.25) is 10.0 Å². The molecule has 0 aliphatic rings. The fraction of sp³-hybridized carbons (Fsp3) is 0.263. The normalized spacial score (nSPS) is 10.6. The third-order valence-electron chi connectivity index (χ3n) is 3.70. The summed E-state index contributed by atoms with van der Waals surface area (Å²) in [7, 11) is 0. The van der Waals surface area contributed by atoms with E-state index in [2.05, 4.69) is 10.6 Å². The fourth-order valence-electron chi connectivity index (χ4n) is 2.31. The number of carbonyl (C=O) groups excluding carboxylic acids is 2. The van der Waals surface area contributed by atoms with E-state index in [0.717, 1.165) is 12.8 Å². The molecule has 0 saturated carbocycles. The van der Waals surface area contributed by atoms with Crippen LogP contribution in [0.1, 0.15) is 26.2 Å². The van der Waals surface area contributed by atoms with E-state index in [0.29, 0.717) is 27.8 Å². The SMILES string of the molecule is CCCCC(C(=O)Nc1ccc(Cl)cc1)C(=O)Nc1ccc(Cl)cc1. The van der Waals surface area contributed by atoms with Gasteiger partial charge in [-0.1, -0.05) is 43.0 Å². The van der Waals surface area contributed by atoms with E-state index < -0.39 is 5.92 Å². The molecule has 25 heavy (non-hydrogen) atoms. The van der Waals surface area contributed by atoms with E-state index >= 15 is 0 Å². The van der Waals surface area contributed by atoms with E-state index in [-0.39, 0.29) is 11.8 Å². The van der Waals surface area contributed by atoms with Gasteiger partial charge in [-0.15, -0.1) is 0 Å². The predicted molar refractivity (Wildman–Crippen MR) is 103 cm³/mol. The summed E-state index contributed by atoms with van der Waals surface area (Å²) < 4.78 is 0. The Hall–Kier alpha value is -2.04. The van der Waals surface area contributed by atoms with Crippen molar-refractivity contribution in [2.24, 2.45) is 5.92 Å². The Morgan fingerprint density at radius 2 is 1.24 bits per heavy atom. The van der Waals surface area contributed by atoms with Crippen LogP contribution in [0, 0.1) is 5.92 Å². The largest absolute Gasteiger partial charge is 0.325 e. The third-order valence-corrected chi connectivity index (χ3v) is 4.21. The van der Waals surface area contributed by atoms with Crippen molar-refractivity contribution >= 4 is 46.4 Å². The fourth-order valence-corrected chi connectivity index (χ4v) is 2.57. The van der Waals surface area contributed by atoms with Crippen molar-refractivity contribution in [3.63, 3.8) is 0 Å². The van der Waals surface area contributed by atoms with Gasteiger partial charge in [-0.05, 0) is 55.0 Å². The van der Waals surface area contributed by atoms with Crippen LogP contribution in [-0.4, -0.2) is 11.8 Å². The van der Waals surface area contributed by atoms with Gasteiger partial charge in [0.25, 0.3) is 0 Å². The highest BCUT2D eigenvalue weighted by Gasteiger charge is 2.26. The molecule has 2 N–H and O–H groups in total. The zero-order valence-electron chi connectivity index (χ0n) is 13.9. The molecule has 0 fully saturated rings. The molecule has 132 valence electrons. The van der Waals surface area contributed by atoms with E-state index in [4.69, 9.17) is 23.2 Å². The maximum atomic E-state index is 12.6. The van der Waals surface area contributed by atoms with Crippen LogP contribution in [0.15, 0.2) is 48.5 Å². The van der Waals surface area contributed by atoms with Gasteiger partial charge in [-0.3, -0.25) is 9.59 Å². The van der Waals surface area contributed by atoms with E-state index in [1.54, 1.807) is 48.5 Å². The first-order valence-electron chi connectivity index (χ1n) is 8.12. The number of rotatable bonds is 7. The molecule has 2 aromatic carbocycles. The minimum absolute atomic E-state index is 0.331. The summed E-state index contributed by atoms with van der Waals surface area (Å²) in [6, 6.07) is 13.6. The lowest BCUT2D eigenvalue weighted by atomic mass is 9.99. The number of unbranched alkanes of at least 4 members (excludes halogenated alkanes) is 1. The van der Waals surface area contributed by atoms with Crippen molar-refractivity contribution in [1.29, 1.82) is 0 Å².